The van der Waals surface area contributed by atoms with Crippen LogP contribution in [0.4, 0.5) is 0 Å². The molecular weight excluding hydrogens is 262 g/mol. The van der Waals surface area contributed by atoms with Crippen LogP contribution in [0.5, 0.6) is 11.6 Å². The van der Waals surface area contributed by atoms with Gasteiger partial charge in [0.05, 0.1) is 11.2 Å². The zero-order valence-electron chi connectivity index (χ0n) is 11.0. The maximum Gasteiger partial charge on any atom is 0.219 e. The second-order valence-corrected chi connectivity index (χ2v) is 4.55. The number of nitrogens with one attached hydrogen (secondary N) is 1. The third-order valence-corrected chi connectivity index (χ3v) is 2.84. The zero-order chi connectivity index (χ0) is 13.7. The molecule has 0 saturated heterocycles. The quantitative estimate of drug-likeness (QED) is 0.910. The topological polar surface area (TPSA) is 47.0 Å². The predicted molar refractivity (Wildman–Crippen MR) is 75.7 cm³/mol. The van der Waals surface area contributed by atoms with E-state index in [0.29, 0.717) is 16.7 Å². The van der Waals surface area contributed by atoms with Gasteiger partial charge in [0.2, 0.25) is 5.88 Å². The minimum Gasteiger partial charge on any atom is -0.437 e. The summed E-state index contributed by atoms with van der Waals surface area (Å²) in [5.74, 6) is 1.13. The molecule has 0 radical (unpaired) electrons. The van der Waals surface area contributed by atoms with Gasteiger partial charge in [-0.1, -0.05) is 24.6 Å². The summed E-state index contributed by atoms with van der Waals surface area (Å²) in [6, 6.07) is 5.57. The summed E-state index contributed by atoms with van der Waals surface area (Å²) in [6.45, 7) is 5.79. The van der Waals surface area contributed by atoms with Gasteiger partial charge >= 0.3 is 0 Å². The van der Waals surface area contributed by atoms with Gasteiger partial charge in [0.1, 0.15) is 5.75 Å². The van der Waals surface area contributed by atoms with Crippen molar-refractivity contribution < 1.29 is 4.74 Å². The van der Waals surface area contributed by atoms with Crippen molar-refractivity contribution in [2.24, 2.45) is 0 Å². The summed E-state index contributed by atoms with van der Waals surface area (Å²) in [6.07, 6.45) is 3.17. The SMILES string of the molecule is CCNCc1ccc(Oc2cncc(Cl)c2)nc1C. The second kappa shape index (κ2) is 6.50. The molecule has 100 valence electrons. The first-order chi connectivity index (χ1) is 9.19. The van der Waals surface area contributed by atoms with Gasteiger partial charge in [-0.05, 0) is 19.0 Å². The molecule has 0 saturated carbocycles. The van der Waals surface area contributed by atoms with Crippen LogP contribution in [0.15, 0.2) is 30.6 Å². The molecule has 5 heteroatoms. The fourth-order valence-electron chi connectivity index (χ4n) is 1.64. The minimum absolute atomic E-state index is 0.540. The number of pyridine rings is 2. The van der Waals surface area contributed by atoms with Crippen molar-refractivity contribution in [2.45, 2.75) is 20.4 Å². The van der Waals surface area contributed by atoms with Gasteiger partial charge in [-0.25, -0.2) is 4.98 Å². The standard InChI is InChI=1S/C14H16ClN3O/c1-3-16-7-11-4-5-14(18-10(11)2)19-13-6-12(15)8-17-9-13/h4-6,8-9,16H,3,7H2,1-2H3. The molecule has 0 amide bonds. The van der Waals surface area contributed by atoms with Crippen LogP contribution in [-0.4, -0.2) is 16.5 Å². The van der Waals surface area contributed by atoms with Crippen LogP contribution in [-0.2, 0) is 6.54 Å². The van der Waals surface area contributed by atoms with Crippen LogP contribution in [0.2, 0.25) is 5.02 Å². The van der Waals surface area contributed by atoms with Gasteiger partial charge in [0.15, 0.2) is 0 Å². The molecule has 0 spiro atoms. The van der Waals surface area contributed by atoms with E-state index in [-0.39, 0.29) is 0 Å². The first-order valence-corrected chi connectivity index (χ1v) is 6.52. The van der Waals surface area contributed by atoms with Crippen molar-refractivity contribution in [1.82, 2.24) is 15.3 Å². The maximum atomic E-state index is 5.85. The number of hydrogen-bond donors (Lipinski definition) is 1. The Balaban J connectivity index is 2.11. The summed E-state index contributed by atoms with van der Waals surface area (Å²) in [5.41, 5.74) is 2.12. The number of hydrogen-bond acceptors (Lipinski definition) is 4. The van der Waals surface area contributed by atoms with Crippen molar-refractivity contribution in [3.8, 4) is 11.6 Å². The second-order valence-electron chi connectivity index (χ2n) is 4.12. The molecule has 2 rings (SSSR count). The molecule has 19 heavy (non-hydrogen) atoms. The lowest BCUT2D eigenvalue weighted by molar-refractivity contribution is 0.459. The molecule has 0 aliphatic rings. The molecule has 0 aromatic carbocycles. The van der Waals surface area contributed by atoms with Crippen LogP contribution >= 0.6 is 11.6 Å². The molecule has 4 nitrogen and oxygen atoms in total. The molecule has 0 fully saturated rings. The van der Waals surface area contributed by atoms with E-state index in [0.717, 1.165) is 18.8 Å². The number of rotatable bonds is 5. The van der Waals surface area contributed by atoms with Crippen LogP contribution in [0, 0.1) is 6.92 Å². The summed E-state index contributed by atoms with van der Waals surface area (Å²) in [4.78, 5) is 8.38. The fraction of sp³-hybridized carbons (Fsp3) is 0.286. The largest absolute Gasteiger partial charge is 0.437 e. The van der Waals surface area contributed by atoms with Crippen molar-refractivity contribution in [2.75, 3.05) is 6.54 Å². The monoisotopic (exact) mass is 277 g/mol. The zero-order valence-corrected chi connectivity index (χ0v) is 11.7. The molecule has 0 bridgehead atoms. The molecule has 2 aromatic heterocycles. The maximum absolute atomic E-state index is 5.85. The van der Waals surface area contributed by atoms with Gasteiger partial charge in [-0.15, -0.1) is 0 Å². The van der Waals surface area contributed by atoms with E-state index >= 15 is 0 Å². The number of halogens is 1. The molecule has 0 atom stereocenters. The first-order valence-electron chi connectivity index (χ1n) is 6.14. The van der Waals surface area contributed by atoms with Crippen molar-refractivity contribution in [1.29, 1.82) is 0 Å². The summed E-state index contributed by atoms with van der Waals surface area (Å²) < 4.78 is 5.62. The average molecular weight is 278 g/mol. The summed E-state index contributed by atoms with van der Waals surface area (Å²) in [7, 11) is 0. The van der Waals surface area contributed by atoms with E-state index in [1.807, 2.05) is 19.1 Å². The Morgan fingerprint density at radius 2 is 2.16 bits per heavy atom. The van der Waals surface area contributed by atoms with Crippen LogP contribution in [0.25, 0.3) is 0 Å². The summed E-state index contributed by atoms with van der Waals surface area (Å²) in [5, 5.41) is 3.81. The lowest BCUT2D eigenvalue weighted by Gasteiger charge is -2.09. The molecule has 0 aliphatic heterocycles. The molecule has 0 aliphatic carbocycles. The van der Waals surface area contributed by atoms with E-state index in [4.69, 9.17) is 16.3 Å². The highest BCUT2D eigenvalue weighted by molar-refractivity contribution is 6.30. The number of ether oxygens (including phenoxy) is 1. The van der Waals surface area contributed by atoms with Crippen LogP contribution in [0.1, 0.15) is 18.2 Å². The van der Waals surface area contributed by atoms with E-state index in [9.17, 15) is 0 Å². The molecule has 2 aromatic rings. The fourth-order valence-corrected chi connectivity index (χ4v) is 1.80. The van der Waals surface area contributed by atoms with E-state index < -0.39 is 0 Å². The Morgan fingerprint density at radius 1 is 1.32 bits per heavy atom. The van der Waals surface area contributed by atoms with Crippen LogP contribution < -0.4 is 10.1 Å². The van der Waals surface area contributed by atoms with Crippen molar-refractivity contribution in [3.63, 3.8) is 0 Å². The van der Waals surface area contributed by atoms with Gasteiger partial charge in [-0.3, -0.25) is 4.98 Å². The number of aromatic nitrogens is 2. The van der Waals surface area contributed by atoms with Gasteiger partial charge < -0.3 is 10.1 Å². The molecule has 0 unspecified atom stereocenters. The highest BCUT2D eigenvalue weighted by Crippen LogP contribution is 2.22. The number of aryl methyl sites for hydroxylation is 1. The average Bonchev–Trinajstić information content (AvgIpc) is 2.38. The van der Waals surface area contributed by atoms with Crippen molar-refractivity contribution >= 4 is 11.6 Å². The third kappa shape index (κ3) is 3.91. The van der Waals surface area contributed by atoms with Gasteiger partial charge in [0, 0.05) is 30.6 Å². The van der Waals surface area contributed by atoms with E-state index in [1.54, 1.807) is 18.5 Å². The summed E-state index contributed by atoms with van der Waals surface area (Å²) >= 11 is 5.85. The Hall–Kier alpha value is -1.65. The highest BCUT2D eigenvalue weighted by Gasteiger charge is 2.04. The Bertz CT molecular complexity index is 560. The minimum atomic E-state index is 0.540. The molecular formula is C14H16ClN3O. The van der Waals surface area contributed by atoms with Crippen LogP contribution in [0.3, 0.4) is 0 Å². The first kappa shape index (κ1) is 13.8. The van der Waals surface area contributed by atoms with E-state index in [1.165, 1.54) is 5.56 Å². The lowest BCUT2D eigenvalue weighted by atomic mass is 10.2. The van der Waals surface area contributed by atoms with E-state index in [2.05, 4.69) is 22.2 Å². The number of nitrogens with zero attached hydrogens (tertiary/aromatic N) is 2. The molecule has 2 heterocycles. The van der Waals surface area contributed by atoms with Gasteiger partial charge in [-0.2, -0.15) is 0 Å². The van der Waals surface area contributed by atoms with Crippen molar-refractivity contribution in [3.05, 3.63) is 46.9 Å². The Labute approximate surface area is 117 Å². The molecule has 1 N–H and O–H groups in total. The normalized spacial score (nSPS) is 10.5. The van der Waals surface area contributed by atoms with Gasteiger partial charge in [0.25, 0.3) is 0 Å². The Kier molecular flexibility index (Phi) is 4.71. The smallest absolute Gasteiger partial charge is 0.219 e. The highest BCUT2D eigenvalue weighted by atomic mass is 35.5. The lowest BCUT2D eigenvalue weighted by Crippen LogP contribution is -2.13. The Morgan fingerprint density at radius 3 is 2.84 bits per heavy atom. The third-order valence-electron chi connectivity index (χ3n) is 2.64. The predicted octanol–water partition coefficient (Wildman–Crippen LogP) is 3.34.